The normalized spacial score (nSPS) is 11.0. The molecule has 0 aliphatic carbocycles. The number of hydrogen-bond donors (Lipinski definition) is 2. The summed E-state index contributed by atoms with van der Waals surface area (Å²) in [7, 11) is 3.42. The molecule has 2 amide bonds. The van der Waals surface area contributed by atoms with E-state index in [0.29, 0.717) is 11.3 Å². The Bertz CT molecular complexity index is 1000. The molecular formula is C19H19N5O2. The van der Waals surface area contributed by atoms with Crippen molar-refractivity contribution >= 4 is 34.6 Å². The van der Waals surface area contributed by atoms with E-state index in [9.17, 15) is 9.59 Å². The summed E-state index contributed by atoms with van der Waals surface area (Å²) in [5.74, 6) is -0.407. The van der Waals surface area contributed by atoms with Crippen LogP contribution in [0.15, 0.2) is 42.6 Å². The number of nitrogens with zero attached hydrogens (tertiary/aromatic N) is 3. The summed E-state index contributed by atoms with van der Waals surface area (Å²) in [4.78, 5) is 28.0. The average molecular weight is 349 g/mol. The topological polar surface area (TPSA) is 88.9 Å². The molecule has 2 N–H and O–H groups in total. The SMILES string of the molecule is CNC(=O)c1ccc(/C=C/C(=O)Nc2cnc3c(c2)c(C)nn3C)cc1. The van der Waals surface area contributed by atoms with E-state index < -0.39 is 0 Å². The highest BCUT2D eigenvalue weighted by Gasteiger charge is 2.08. The minimum absolute atomic E-state index is 0.146. The van der Waals surface area contributed by atoms with E-state index in [1.807, 2.05) is 20.0 Å². The number of fused-ring (bicyclic) bond motifs is 1. The third kappa shape index (κ3) is 3.61. The zero-order chi connectivity index (χ0) is 18.7. The van der Waals surface area contributed by atoms with Gasteiger partial charge in [0.25, 0.3) is 5.91 Å². The summed E-state index contributed by atoms with van der Waals surface area (Å²) >= 11 is 0. The average Bonchev–Trinajstić information content (AvgIpc) is 2.93. The second-order valence-corrected chi connectivity index (χ2v) is 5.83. The minimum Gasteiger partial charge on any atom is -0.355 e. The molecule has 1 aromatic carbocycles. The highest BCUT2D eigenvalue weighted by Crippen LogP contribution is 2.19. The van der Waals surface area contributed by atoms with Gasteiger partial charge in [-0.15, -0.1) is 0 Å². The fraction of sp³-hybridized carbons (Fsp3) is 0.158. The third-order valence-corrected chi connectivity index (χ3v) is 3.96. The summed E-state index contributed by atoms with van der Waals surface area (Å²) in [5, 5.41) is 10.6. The Balaban J connectivity index is 1.69. The lowest BCUT2D eigenvalue weighted by Crippen LogP contribution is -2.17. The molecule has 0 spiro atoms. The molecule has 7 heteroatoms. The number of nitrogens with one attached hydrogen (secondary N) is 2. The Morgan fingerprint density at radius 1 is 1.19 bits per heavy atom. The number of aromatic nitrogens is 3. The number of carbonyl (C=O) groups excluding carboxylic acids is 2. The Kier molecular flexibility index (Phi) is 4.79. The van der Waals surface area contributed by atoms with E-state index in [1.165, 1.54) is 6.08 Å². The van der Waals surface area contributed by atoms with E-state index in [1.54, 1.807) is 48.3 Å². The first-order valence-corrected chi connectivity index (χ1v) is 8.08. The molecule has 7 nitrogen and oxygen atoms in total. The number of benzene rings is 1. The van der Waals surface area contributed by atoms with Gasteiger partial charge in [-0.3, -0.25) is 14.3 Å². The molecule has 2 aromatic heterocycles. The maximum atomic E-state index is 12.1. The zero-order valence-electron chi connectivity index (χ0n) is 14.8. The summed E-state index contributed by atoms with van der Waals surface area (Å²) in [6, 6.07) is 8.83. The molecule has 3 aromatic rings. The van der Waals surface area contributed by atoms with Gasteiger partial charge in [-0.05, 0) is 36.8 Å². The molecule has 0 radical (unpaired) electrons. The number of carbonyl (C=O) groups is 2. The van der Waals surface area contributed by atoms with Crippen molar-refractivity contribution in [3.05, 3.63) is 59.4 Å². The van der Waals surface area contributed by atoms with Crippen LogP contribution in [0.25, 0.3) is 17.1 Å². The van der Waals surface area contributed by atoms with Crippen LogP contribution in [0.4, 0.5) is 5.69 Å². The Morgan fingerprint density at radius 3 is 2.62 bits per heavy atom. The van der Waals surface area contributed by atoms with Crippen LogP contribution in [0.5, 0.6) is 0 Å². The quantitative estimate of drug-likeness (QED) is 0.707. The summed E-state index contributed by atoms with van der Waals surface area (Å²) in [5.41, 5.74) is 3.63. The number of aryl methyl sites for hydroxylation is 2. The minimum atomic E-state index is -0.261. The van der Waals surface area contributed by atoms with Gasteiger partial charge >= 0.3 is 0 Å². The molecule has 0 saturated carbocycles. The monoisotopic (exact) mass is 349 g/mol. The highest BCUT2D eigenvalue weighted by atomic mass is 16.2. The van der Waals surface area contributed by atoms with Crippen LogP contribution in [0, 0.1) is 6.92 Å². The maximum Gasteiger partial charge on any atom is 0.251 e. The van der Waals surface area contributed by atoms with Gasteiger partial charge in [-0.25, -0.2) is 4.98 Å². The Labute approximate surface area is 150 Å². The zero-order valence-corrected chi connectivity index (χ0v) is 14.8. The predicted molar refractivity (Wildman–Crippen MR) is 101 cm³/mol. The largest absolute Gasteiger partial charge is 0.355 e. The van der Waals surface area contributed by atoms with Crippen molar-refractivity contribution in [2.24, 2.45) is 7.05 Å². The number of amides is 2. The van der Waals surface area contributed by atoms with E-state index in [2.05, 4.69) is 20.7 Å². The molecular weight excluding hydrogens is 330 g/mol. The Morgan fingerprint density at radius 2 is 1.92 bits per heavy atom. The van der Waals surface area contributed by atoms with E-state index >= 15 is 0 Å². The van der Waals surface area contributed by atoms with Gasteiger partial charge in [0.2, 0.25) is 5.91 Å². The van der Waals surface area contributed by atoms with Gasteiger partial charge < -0.3 is 10.6 Å². The van der Waals surface area contributed by atoms with Crippen molar-refractivity contribution in [1.82, 2.24) is 20.1 Å². The molecule has 0 bridgehead atoms. The smallest absolute Gasteiger partial charge is 0.251 e. The number of pyridine rings is 1. The van der Waals surface area contributed by atoms with Gasteiger partial charge in [-0.1, -0.05) is 12.1 Å². The van der Waals surface area contributed by atoms with Crippen molar-refractivity contribution in [3.63, 3.8) is 0 Å². The summed E-state index contributed by atoms with van der Waals surface area (Å²) in [6.07, 6.45) is 4.73. The third-order valence-electron chi connectivity index (χ3n) is 3.96. The number of anilines is 1. The molecule has 3 rings (SSSR count). The molecule has 0 unspecified atom stereocenters. The van der Waals surface area contributed by atoms with Crippen LogP contribution in [0.1, 0.15) is 21.6 Å². The fourth-order valence-electron chi connectivity index (χ4n) is 2.62. The molecule has 0 fully saturated rings. The lowest BCUT2D eigenvalue weighted by molar-refractivity contribution is -0.111. The van der Waals surface area contributed by atoms with Crippen molar-refractivity contribution in [2.45, 2.75) is 6.92 Å². The van der Waals surface area contributed by atoms with Crippen LogP contribution in [0.3, 0.4) is 0 Å². The van der Waals surface area contributed by atoms with Crippen LogP contribution >= 0.6 is 0 Å². The number of rotatable bonds is 4. The van der Waals surface area contributed by atoms with Gasteiger partial charge in [0, 0.05) is 31.1 Å². The molecule has 0 aliphatic heterocycles. The fourth-order valence-corrected chi connectivity index (χ4v) is 2.62. The van der Waals surface area contributed by atoms with E-state index in [0.717, 1.165) is 22.3 Å². The predicted octanol–water partition coefficient (Wildman–Crippen LogP) is 2.29. The van der Waals surface area contributed by atoms with Crippen LogP contribution in [0.2, 0.25) is 0 Å². The van der Waals surface area contributed by atoms with E-state index in [-0.39, 0.29) is 11.8 Å². The molecule has 0 saturated heterocycles. The van der Waals surface area contributed by atoms with Gasteiger partial charge in [0.1, 0.15) is 0 Å². The first-order chi connectivity index (χ1) is 12.5. The maximum absolute atomic E-state index is 12.1. The molecule has 2 heterocycles. The van der Waals surface area contributed by atoms with Crippen LogP contribution in [-0.4, -0.2) is 33.6 Å². The van der Waals surface area contributed by atoms with Gasteiger partial charge in [-0.2, -0.15) is 5.10 Å². The molecule has 132 valence electrons. The van der Waals surface area contributed by atoms with Crippen molar-refractivity contribution in [1.29, 1.82) is 0 Å². The number of hydrogen-bond acceptors (Lipinski definition) is 4. The second-order valence-electron chi connectivity index (χ2n) is 5.83. The van der Waals surface area contributed by atoms with E-state index in [4.69, 9.17) is 0 Å². The molecule has 0 atom stereocenters. The van der Waals surface area contributed by atoms with Gasteiger partial charge in [0.15, 0.2) is 5.65 Å². The first-order valence-electron chi connectivity index (χ1n) is 8.08. The van der Waals surface area contributed by atoms with Crippen molar-refractivity contribution < 1.29 is 9.59 Å². The Hall–Kier alpha value is -3.48. The summed E-state index contributed by atoms with van der Waals surface area (Å²) < 4.78 is 1.71. The first kappa shape index (κ1) is 17.3. The van der Waals surface area contributed by atoms with Crippen LogP contribution in [-0.2, 0) is 11.8 Å². The highest BCUT2D eigenvalue weighted by molar-refractivity contribution is 6.02. The van der Waals surface area contributed by atoms with Crippen molar-refractivity contribution in [3.8, 4) is 0 Å². The molecule has 26 heavy (non-hydrogen) atoms. The second kappa shape index (κ2) is 7.18. The summed E-state index contributed by atoms with van der Waals surface area (Å²) in [6.45, 7) is 1.90. The lowest BCUT2D eigenvalue weighted by atomic mass is 10.1. The van der Waals surface area contributed by atoms with Crippen molar-refractivity contribution in [2.75, 3.05) is 12.4 Å². The standard InChI is InChI=1S/C19H19N5O2/c1-12-16-10-15(11-21-18(16)24(3)23-12)22-17(25)9-6-13-4-7-14(8-5-13)19(26)20-2/h4-11H,1-3H3,(H,20,26)(H,22,25)/b9-6+. The van der Waals surface area contributed by atoms with Gasteiger partial charge in [0.05, 0.1) is 17.6 Å². The lowest BCUT2D eigenvalue weighted by Gasteiger charge is -2.03. The molecule has 0 aliphatic rings. The van der Waals surface area contributed by atoms with Crippen LogP contribution < -0.4 is 10.6 Å².